The lowest BCUT2D eigenvalue weighted by Crippen LogP contribution is -2.52. The Hall–Kier alpha value is -1.67. The van der Waals surface area contributed by atoms with Gasteiger partial charge in [-0.25, -0.2) is 4.79 Å². The van der Waals surface area contributed by atoms with Gasteiger partial charge in [0.1, 0.15) is 12.1 Å². The monoisotopic (exact) mass is 247 g/mol. The number of carbonyl (C=O) groups is 3. The van der Waals surface area contributed by atoms with Gasteiger partial charge in [-0.3, -0.25) is 9.59 Å². The Morgan fingerprint density at radius 3 is 2.24 bits per heavy atom. The molecule has 0 aliphatic rings. The lowest BCUT2D eigenvalue weighted by molar-refractivity contribution is -0.142. The highest BCUT2D eigenvalue weighted by Gasteiger charge is 2.25. The van der Waals surface area contributed by atoms with E-state index in [0.29, 0.717) is 0 Å². The number of rotatable bonds is 7. The molecule has 0 radical (unpaired) electrons. The first-order valence-electron chi connectivity index (χ1n) is 5.00. The molecule has 0 spiro atoms. The van der Waals surface area contributed by atoms with Crippen molar-refractivity contribution >= 4 is 17.8 Å². The van der Waals surface area contributed by atoms with Gasteiger partial charge in [-0.1, -0.05) is 0 Å². The van der Waals surface area contributed by atoms with Crippen LogP contribution in [0, 0.1) is 0 Å². The third-order valence-corrected chi connectivity index (χ3v) is 2.12. The van der Waals surface area contributed by atoms with Crippen LogP contribution in [0.5, 0.6) is 0 Å². The highest BCUT2D eigenvalue weighted by molar-refractivity contribution is 5.87. The maximum Gasteiger partial charge on any atom is 0.326 e. The van der Waals surface area contributed by atoms with Gasteiger partial charge in [0.05, 0.1) is 6.10 Å². The molecule has 0 aromatic rings. The van der Waals surface area contributed by atoms with Crippen LogP contribution in [-0.4, -0.2) is 46.2 Å². The molecule has 1 unspecified atom stereocenters. The number of amides is 2. The Balaban J connectivity index is 4.39. The number of primary amides is 1. The Labute approximate surface area is 98.0 Å². The van der Waals surface area contributed by atoms with E-state index in [1.807, 2.05) is 0 Å². The fraction of sp³-hybridized carbons (Fsp3) is 0.667. The third-order valence-electron chi connectivity index (χ3n) is 2.12. The van der Waals surface area contributed by atoms with Gasteiger partial charge in [0.2, 0.25) is 11.8 Å². The predicted octanol–water partition coefficient (Wildman–Crippen LogP) is -2.47. The Morgan fingerprint density at radius 2 is 1.88 bits per heavy atom. The summed E-state index contributed by atoms with van der Waals surface area (Å²) in [7, 11) is 0. The first-order valence-corrected chi connectivity index (χ1v) is 5.00. The minimum absolute atomic E-state index is 0.122. The van der Waals surface area contributed by atoms with Crippen molar-refractivity contribution in [3.05, 3.63) is 0 Å². The smallest absolute Gasteiger partial charge is 0.326 e. The lowest BCUT2D eigenvalue weighted by Gasteiger charge is -2.18. The number of nitrogens with one attached hydrogen (secondary N) is 1. The largest absolute Gasteiger partial charge is 0.480 e. The standard InChI is InChI=1S/C9H17N3O5/c1-4(13)7(11)8(15)12-5(9(16)17)2-3-6(10)14/h4-5,7,13H,2-3,11H2,1H3,(H2,10,14)(H,12,15)(H,16,17)/t4?,5-,7-/m0/s1. The molecule has 0 heterocycles. The van der Waals surface area contributed by atoms with Crippen LogP contribution in [0.2, 0.25) is 0 Å². The number of aliphatic carboxylic acids is 1. The summed E-state index contributed by atoms with van der Waals surface area (Å²) < 4.78 is 0. The number of hydrogen-bond donors (Lipinski definition) is 5. The summed E-state index contributed by atoms with van der Waals surface area (Å²) in [5, 5.41) is 20.0. The van der Waals surface area contributed by atoms with E-state index in [1.54, 1.807) is 0 Å². The first-order chi connectivity index (χ1) is 7.75. The number of aliphatic hydroxyl groups is 1. The van der Waals surface area contributed by atoms with Crippen LogP contribution in [0.25, 0.3) is 0 Å². The van der Waals surface area contributed by atoms with E-state index in [1.165, 1.54) is 6.92 Å². The highest BCUT2D eigenvalue weighted by Crippen LogP contribution is 1.99. The minimum Gasteiger partial charge on any atom is -0.480 e. The topological polar surface area (TPSA) is 156 Å². The fourth-order valence-corrected chi connectivity index (χ4v) is 1.03. The molecule has 0 rings (SSSR count). The Bertz CT molecular complexity index is 305. The molecule has 3 atom stereocenters. The van der Waals surface area contributed by atoms with Gasteiger partial charge in [-0.2, -0.15) is 0 Å². The van der Waals surface area contributed by atoms with Gasteiger partial charge in [-0.15, -0.1) is 0 Å². The fourth-order valence-electron chi connectivity index (χ4n) is 1.03. The van der Waals surface area contributed by atoms with Crippen LogP contribution in [0.15, 0.2) is 0 Å². The average Bonchev–Trinajstić information content (AvgIpc) is 2.21. The molecule has 0 saturated heterocycles. The summed E-state index contributed by atoms with van der Waals surface area (Å²) in [4.78, 5) is 32.6. The van der Waals surface area contributed by atoms with E-state index in [0.717, 1.165) is 0 Å². The van der Waals surface area contributed by atoms with Crippen LogP contribution in [0.4, 0.5) is 0 Å². The second kappa shape index (κ2) is 6.81. The molecule has 2 amide bonds. The van der Waals surface area contributed by atoms with Crippen molar-refractivity contribution in [2.24, 2.45) is 11.5 Å². The van der Waals surface area contributed by atoms with Gasteiger partial charge in [0.25, 0.3) is 0 Å². The van der Waals surface area contributed by atoms with Crippen LogP contribution in [-0.2, 0) is 14.4 Å². The molecule has 7 N–H and O–H groups in total. The van der Waals surface area contributed by atoms with Crippen molar-refractivity contribution in [3.8, 4) is 0 Å². The first kappa shape index (κ1) is 15.3. The van der Waals surface area contributed by atoms with Crippen molar-refractivity contribution in [3.63, 3.8) is 0 Å². The average molecular weight is 247 g/mol. The van der Waals surface area contributed by atoms with E-state index in [-0.39, 0.29) is 12.8 Å². The molecule has 8 heteroatoms. The zero-order valence-corrected chi connectivity index (χ0v) is 9.42. The predicted molar refractivity (Wildman–Crippen MR) is 57.7 cm³/mol. The molecule has 17 heavy (non-hydrogen) atoms. The van der Waals surface area contributed by atoms with Crippen LogP contribution >= 0.6 is 0 Å². The maximum absolute atomic E-state index is 11.4. The van der Waals surface area contributed by atoms with Crippen LogP contribution in [0.3, 0.4) is 0 Å². The van der Waals surface area contributed by atoms with Gasteiger partial charge in [0, 0.05) is 6.42 Å². The van der Waals surface area contributed by atoms with E-state index < -0.39 is 36.0 Å². The molecule has 0 aliphatic carbocycles. The van der Waals surface area contributed by atoms with Crippen molar-refractivity contribution in [1.82, 2.24) is 5.32 Å². The number of carbonyl (C=O) groups excluding carboxylic acids is 2. The molecule has 0 aliphatic heterocycles. The normalized spacial score (nSPS) is 15.7. The minimum atomic E-state index is -1.29. The number of aliphatic hydroxyl groups excluding tert-OH is 1. The molecular formula is C9H17N3O5. The third kappa shape index (κ3) is 5.83. The second-order valence-electron chi connectivity index (χ2n) is 3.67. The van der Waals surface area contributed by atoms with E-state index in [9.17, 15) is 14.4 Å². The molecule has 0 bridgehead atoms. The van der Waals surface area contributed by atoms with Gasteiger partial charge >= 0.3 is 5.97 Å². The number of hydrogen-bond acceptors (Lipinski definition) is 5. The van der Waals surface area contributed by atoms with E-state index in [4.69, 9.17) is 21.7 Å². The van der Waals surface area contributed by atoms with Crippen molar-refractivity contribution < 1.29 is 24.6 Å². The number of carboxylic acid groups (broad SMARTS) is 1. The Morgan fingerprint density at radius 1 is 1.35 bits per heavy atom. The summed E-state index contributed by atoms with van der Waals surface area (Å²) in [6.07, 6.45) is -1.38. The number of nitrogens with two attached hydrogens (primary N) is 2. The van der Waals surface area contributed by atoms with Crippen LogP contribution < -0.4 is 16.8 Å². The van der Waals surface area contributed by atoms with Crippen molar-refractivity contribution in [1.29, 1.82) is 0 Å². The molecule has 0 aromatic heterocycles. The molecule has 0 aromatic carbocycles. The van der Waals surface area contributed by atoms with Gasteiger partial charge < -0.3 is 27.0 Å². The highest BCUT2D eigenvalue weighted by atomic mass is 16.4. The summed E-state index contributed by atoms with van der Waals surface area (Å²) >= 11 is 0. The zero-order chi connectivity index (χ0) is 13.6. The molecule has 0 fully saturated rings. The summed E-state index contributed by atoms with van der Waals surface area (Å²) in [6.45, 7) is 1.31. The maximum atomic E-state index is 11.4. The summed E-state index contributed by atoms with van der Waals surface area (Å²) in [5.74, 6) is -2.75. The second-order valence-corrected chi connectivity index (χ2v) is 3.67. The van der Waals surface area contributed by atoms with Crippen LogP contribution in [0.1, 0.15) is 19.8 Å². The van der Waals surface area contributed by atoms with E-state index >= 15 is 0 Å². The molecule has 8 nitrogen and oxygen atoms in total. The number of carboxylic acids is 1. The van der Waals surface area contributed by atoms with Gasteiger partial charge in [0.15, 0.2) is 0 Å². The lowest BCUT2D eigenvalue weighted by atomic mass is 10.1. The Kier molecular flexibility index (Phi) is 6.15. The van der Waals surface area contributed by atoms with Crippen molar-refractivity contribution in [2.75, 3.05) is 0 Å². The zero-order valence-electron chi connectivity index (χ0n) is 9.42. The summed E-state index contributed by atoms with van der Waals surface area (Å²) in [5.41, 5.74) is 10.2. The molecule has 98 valence electrons. The quantitative estimate of drug-likeness (QED) is 0.335. The molecule has 0 saturated carbocycles. The summed E-state index contributed by atoms with van der Waals surface area (Å²) in [6, 6.07) is -2.47. The SMILES string of the molecule is CC(O)[C@H](N)C(=O)N[C@@H](CCC(N)=O)C(=O)O. The van der Waals surface area contributed by atoms with Gasteiger partial charge in [-0.05, 0) is 13.3 Å². The van der Waals surface area contributed by atoms with E-state index in [2.05, 4.69) is 5.32 Å². The van der Waals surface area contributed by atoms with Crippen molar-refractivity contribution in [2.45, 2.75) is 38.0 Å². The molecular weight excluding hydrogens is 230 g/mol.